The summed E-state index contributed by atoms with van der Waals surface area (Å²) in [5.74, 6) is -0.415. The molecule has 0 atom stereocenters. The molecule has 0 spiro atoms. The van der Waals surface area contributed by atoms with Crippen LogP contribution in [-0.4, -0.2) is 18.2 Å². The van der Waals surface area contributed by atoms with Crippen molar-refractivity contribution in [3.05, 3.63) is 29.3 Å². The van der Waals surface area contributed by atoms with Crippen molar-refractivity contribution in [1.29, 1.82) is 0 Å². The van der Waals surface area contributed by atoms with E-state index in [0.29, 0.717) is 29.7 Å². The van der Waals surface area contributed by atoms with Gasteiger partial charge in [0.05, 0.1) is 12.5 Å². The molecule has 1 fully saturated rings. The Balaban J connectivity index is 2.56. The molecule has 0 aliphatic heterocycles. The summed E-state index contributed by atoms with van der Waals surface area (Å²) in [7, 11) is 1.48. The van der Waals surface area contributed by atoms with Crippen molar-refractivity contribution in [2.75, 3.05) is 7.11 Å². The monoisotopic (exact) mass is 266 g/mol. The van der Waals surface area contributed by atoms with Gasteiger partial charge in [-0.15, -0.1) is 0 Å². The predicted octanol–water partition coefficient (Wildman–Crippen LogP) is 3.45. The SMILES string of the molecule is COc1cccc(C2(C(=O)O)CCCCC2)c1CF. The highest BCUT2D eigenvalue weighted by molar-refractivity contribution is 5.82. The van der Waals surface area contributed by atoms with Crippen molar-refractivity contribution in [1.82, 2.24) is 0 Å². The van der Waals surface area contributed by atoms with Crippen molar-refractivity contribution in [2.45, 2.75) is 44.2 Å². The maximum absolute atomic E-state index is 13.3. The zero-order valence-electron chi connectivity index (χ0n) is 11.1. The summed E-state index contributed by atoms with van der Waals surface area (Å²) >= 11 is 0. The number of alkyl halides is 1. The lowest BCUT2D eigenvalue weighted by Gasteiger charge is -2.35. The number of hydrogen-bond donors (Lipinski definition) is 1. The minimum Gasteiger partial charge on any atom is -0.496 e. The van der Waals surface area contributed by atoms with Crippen LogP contribution in [0.1, 0.15) is 43.2 Å². The van der Waals surface area contributed by atoms with Crippen molar-refractivity contribution >= 4 is 5.97 Å². The van der Waals surface area contributed by atoms with E-state index in [1.165, 1.54) is 7.11 Å². The Morgan fingerprint density at radius 3 is 2.58 bits per heavy atom. The van der Waals surface area contributed by atoms with Gasteiger partial charge in [-0.3, -0.25) is 4.79 Å². The van der Waals surface area contributed by atoms with Gasteiger partial charge in [0.1, 0.15) is 12.4 Å². The minimum atomic E-state index is -0.950. The van der Waals surface area contributed by atoms with E-state index in [-0.39, 0.29) is 0 Å². The molecule has 0 radical (unpaired) electrons. The summed E-state index contributed by atoms with van der Waals surface area (Å²) in [6, 6.07) is 5.15. The Hall–Kier alpha value is -1.58. The molecule has 2 rings (SSSR count). The molecule has 0 heterocycles. The molecule has 0 bridgehead atoms. The lowest BCUT2D eigenvalue weighted by Crippen LogP contribution is -2.38. The predicted molar refractivity (Wildman–Crippen MR) is 70.2 cm³/mol. The third-order valence-electron chi connectivity index (χ3n) is 4.12. The van der Waals surface area contributed by atoms with Crippen molar-refractivity contribution < 1.29 is 19.0 Å². The van der Waals surface area contributed by atoms with Crippen LogP contribution in [0.2, 0.25) is 0 Å². The second-order valence-corrected chi connectivity index (χ2v) is 5.07. The van der Waals surface area contributed by atoms with E-state index < -0.39 is 18.1 Å². The molecule has 19 heavy (non-hydrogen) atoms. The smallest absolute Gasteiger partial charge is 0.314 e. The van der Waals surface area contributed by atoms with Crippen LogP contribution >= 0.6 is 0 Å². The van der Waals surface area contributed by atoms with E-state index in [0.717, 1.165) is 19.3 Å². The summed E-state index contributed by atoms with van der Waals surface area (Å²) in [4.78, 5) is 11.8. The quantitative estimate of drug-likeness (QED) is 0.908. The third kappa shape index (κ3) is 2.31. The molecule has 1 N–H and O–H groups in total. The van der Waals surface area contributed by atoms with Gasteiger partial charge < -0.3 is 9.84 Å². The molecule has 0 amide bonds. The zero-order chi connectivity index (χ0) is 13.9. The Morgan fingerprint density at radius 2 is 2.05 bits per heavy atom. The molecular formula is C15H19FO3. The average Bonchev–Trinajstić information content (AvgIpc) is 2.46. The first-order valence-electron chi connectivity index (χ1n) is 6.61. The largest absolute Gasteiger partial charge is 0.496 e. The average molecular weight is 266 g/mol. The Labute approximate surface area is 112 Å². The third-order valence-corrected chi connectivity index (χ3v) is 4.12. The van der Waals surface area contributed by atoms with E-state index >= 15 is 0 Å². The number of carboxylic acids is 1. The number of carbonyl (C=O) groups is 1. The van der Waals surface area contributed by atoms with Gasteiger partial charge in [-0.05, 0) is 24.5 Å². The first-order valence-corrected chi connectivity index (χ1v) is 6.61. The standard InChI is InChI=1S/C15H19FO3/c1-19-13-7-5-6-12(11(13)10-16)15(14(17)18)8-3-2-4-9-15/h5-7H,2-4,8-10H2,1H3,(H,17,18). The molecule has 4 heteroatoms. The van der Waals surface area contributed by atoms with E-state index in [1.54, 1.807) is 18.2 Å². The van der Waals surface area contributed by atoms with Gasteiger partial charge in [0.25, 0.3) is 0 Å². The topological polar surface area (TPSA) is 46.5 Å². The zero-order valence-corrected chi connectivity index (χ0v) is 11.1. The molecule has 1 aliphatic rings. The van der Waals surface area contributed by atoms with Crippen LogP contribution in [0.5, 0.6) is 5.75 Å². The normalized spacial score (nSPS) is 18.0. The van der Waals surface area contributed by atoms with Crippen LogP contribution in [0, 0.1) is 0 Å². The molecule has 3 nitrogen and oxygen atoms in total. The number of halogens is 1. The fourth-order valence-corrected chi connectivity index (χ4v) is 3.10. The molecule has 1 aromatic carbocycles. The number of ether oxygens (including phenoxy) is 1. The molecule has 104 valence electrons. The van der Waals surface area contributed by atoms with Gasteiger partial charge >= 0.3 is 5.97 Å². The van der Waals surface area contributed by atoms with E-state index in [4.69, 9.17) is 4.74 Å². The number of rotatable bonds is 4. The highest BCUT2D eigenvalue weighted by Gasteiger charge is 2.43. The maximum atomic E-state index is 13.3. The lowest BCUT2D eigenvalue weighted by molar-refractivity contribution is -0.145. The van der Waals surface area contributed by atoms with Crippen molar-refractivity contribution in [2.24, 2.45) is 0 Å². The summed E-state index contributed by atoms with van der Waals surface area (Å²) in [6.07, 6.45) is 3.93. The lowest BCUT2D eigenvalue weighted by atomic mass is 9.68. The second kappa shape index (κ2) is 5.59. The van der Waals surface area contributed by atoms with Crippen molar-refractivity contribution in [3.8, 4) is 5.75 Å². The maximum Gasteiger partial charge on any atom is 0.314 e. The van der Waals surface area contributed by atoms with Crippen LogP contribution in [0.4, 0.5) is 4.39 Å². The van der Waals surface area contributed by atoms with Gasteiger partial charge in [0.15, 0.2) is 0 Å². The van der Waals surface area contributed by atoms with Crippen LogP contribution in [0.3, 0.4) is 0 Å². The summed E-state index contributed by atoms with van der Waals surface area (Å²) in [5.41, 5.74) is 0.0182. The van der Waals surface area contributed by atoms with Crippen molar-refractivity contribution in [3.63, 3.8) is 0 Å². The first kappa shape index (κ1) is 13.8. The highest BCUT2D eigenvalue weighted by Crippen LogP contribution is 2.43. The van der Waals surface area contributed by atoms with Gasteiger partial charge in [0.2, 0.25) is 0 Å². The Bertz CT molecular complexity index is 464. The molecule has 1 aromatic rings. The summed E-state index contributed by atoms with van der Waals surface area (Å²) in [5, 5.41) is 9.66. The van der Waals surface area contributed by atoms with Crippen LogP contribution in [-0.2, 0) is 16.9 Å². The molecule has 0 unspecified atom stereocenters. The first-order chi connectivity index (χ1) is 9.15. The van der Waals surface area contributed by atoms with Gasteiger partial charge in [-0.1, -0.05) is 31.4 Å². The molecule has 1 aliphatic carbocycles. The Kier molecular flexibility index (Phi) is 4.08. The second-order valence-electron chi connectivity index (χ2n) is 5.07. The number of carboxylic acid groups (broad SMARTS) is 1. The number of methoxy groups -OCH3 is 1. The van der Waals surface area contributed by atoms with Crippen LogP contribution in [0.15, 0.2) is 18.2 Å². The highest BCUT2D eigenvalue weighted by atomic mass is 19.1. The van der Waals surface area contributed by atoms with Crippen LogP contribution < -0.4 is 4.74 Å². The Morgan fingerprint density at radius 1 is 1.37 bits per heavy atom. The minimum absolute atomic E-state index is 0.384. The van der Waals surface area contributed by atoms with Gasteiger partial charge in [-0.2, -0.15) is 0 Å². The molecule has 0 saturated heterocycles. The molecule has 0 aromatic heterocycles. The fourth-order valence-electron chi connectivity index (χ4n) is 3.10. The van der Waals surface area contributed by atoms with E-state index in [2.05, 4.69) is 0 Å². The van der Waals surface area contributed by atoms with Gasteiger partial charge in [0, 0.05) is 5.56 Å². The summed E-state index contributed by atoms with van der Waals surface area (Å²) < 4.78 is 18.5. The number of benzene rings is 1. The number of hydrogen-bond acceptors (Lipinski definition) is 2. The van der Waals surface area contributed by atoms with E-state index in [9.17, 15) is 14.3 Å². The number of aliphatic carboxylic acids is 1. The van der Waals surface area contributed by atoms with Crippen LogP contribution in [0.25, 0.3) is 0 Å². The summed E-state index contributed by atoms with van der Waals surface area (Å²) in [6.45, 7) is -0.700. The molecule has 1 saturated carbocycles. The fraction of sp³-hybridized carbons (Fsp3) is 0.533. The van der Waals surface area contributed by atoms with Gasteiger partial charge in [-0.25, -0.2) is 4.39 Å². The van der Waals surface area contributed by atoms with E-state index in [1.807, 2.05) is 0 Å². The molecular weight excluding hydrogens is 247 g/mol.